The first-order chi connectivity index (χ1) is 14.7. The Balaban J connectivity index is 1.42. The van der Waals surface area contributed by atoms with Crippen LogP contribution in [0.3, 0.4) is 0 Å². The second-order valence-electron chi connectivity index (χ2n) is 7.44. The Morgan fingerprint density at radius 3 is 1.10 bits per heavy atom. The minimum atomic E-state index is 0.872. The molecule has 2 aromatic carbocycles. The first kappa shape index (κ1) is 19.5. The van der Waals surface area contributed by atoms with Crippen molar-refractivity contribution >= 4 is 24.3 Å². The standard InChI is InChI=1S/C28H24N2/c1-21-3-7-23(8-4-21)11-13-25-15-17-27(29-19-25)28-18-16-26(20-30-28)14-12-24-9-5-22(2)6-10-24/h3-20H,1-2H3/b13-11+,14-12+. The van der Waals surface area contributed by atoms with Crippen LogP contribution < -0.4 is 0 Å². The molecule has 4 rings (SSSR count). The Kier molecular flexibility index (Phi) is 5.95. The summed E-state index contributed by atoms with van der Waals surface area (Å²) in [7, 11) is 0. The van der Waals surface area contributed by atoms with Crippen LogP contribution in [0.15, 0.2) is 85.2 Å². The largest absolute Gasteiger partial charge is 0.254 e. The SMILES string of the molecule is Cc1ccc(/C=C/c2ccc(-c3ccc(/C=C/c4ccc(C)cc4)cn3)nc2)cc1. The van der Waals surface area contributed by atoms with Gasteiger partial charge in [-0.05, 0) is 48.2 Å². The zero-order valence-corrected chi connectivity index (χ0v) is 17.3. The van der Waals surface area contributed by atoms with Gasteiger partial charge < -0.3 is 0 Å². The topological polar surface area (TPSA) is 25.8 Å². The van der Waals surface area contributed by atoms with Crippen LogP contribution in [0.4, 0.5) is 0 Å². The zero-order chi connectivity index (χ0) is 20.8. The van der Waals surface area contributed by atoms with Gasteiger partial charge in [-0.2, -0.15) is 0 Å². The Bertz CT molecular complexity index is 1050. The van der Waals surface area contributed by atoms with Gasteiger partial charge in [0.2, 0.25) is 0 Å². The third-order valence-corrected chi connectivity index (χ3v) is 4.93. The predicted molar refractivity (Wildman–Crippen MR) is 128 cm³/mol. The van der Waals surface area contributed by atoms with E-state index in [1.165, 1.54) is 22.3 Å². The molecule has 30 heavy (non-hydrogen) atoms. The van der Waals surface area contributed by atoms with E-state index in [0.717, 1.165) is 22.5 Å². The lowest BCUT2D eigenvalue weighted by Gasteiger charge is -2.02. The molecule has 0 atom stereocenters. The fraction of sp³-hybridized carbons (Fsp3) is 0.0714. The number of aryl methyl sites for hydroxylation is 2. The number of hydrogen-bond acceptors (Lipinski definition) is 2. The normalized spacial score (nSPS) is 11.4. The fourth-order valence-electron chi connectivity index (χ4n) is 3.05. The van der Waals surface area contributed by atoms with Gasteiger partial charge in [0.05, 0.1) is 11.4 Å². The third kappa shape index (κ3) is 5.18. The average Bonchev–Trinajstić information content (AvgIpc) is 2.79. The minimum absolute atomic E-state index is 0.872. The molecule has 0 spiro atoms. The van der Waals surface area contributed by atoms with E-state index in [-0.39, 0.29) is 0 Å². The molecule has 146 valence electrons. The van der Waals surface area contributed by atoms with E-state index in [2.05, 4.69) is 109 Å². The maximum Gasteiger partial charge on any atom is 0.0886 e. The molecule has 2 nitrogen and oxygen atoms in total. The smallest absolute Gasteiger partial charge is 0.0886 e. The molecule has 4 aromatic rings. The Morgan fingerprint density at radius 1 is 0.433 bits per heavy atom. The van der Waals surface area contributed by atoms with Crippen molar-refractivity contribution in [2.24, 2.45) is 0 Å². The number of benzene rings is 2. The molecule has 0 radical (unpaired) electrons. The molecular formula is C28H24N2. The van der Waals surface area contributed by atoms with E-state index in [0.29, 0.717) is 0 Å². The second kappa shape index (κ2) is 9.15. The average molecular weight is 389 g/mol. The van der Waals surface area contributed by atoms with Crippen molar-refractivity contribution in [2.45, 2.75) is 13.8 Å². The van der Waals surface area contributed by atoms with E-state index in [9.17, 15) is 0 Å². The van der Waals surface area contributed by atoms with Crippen molar-refractivity contribution in [3.8, 4) is 11.4 Å². The van der Waals surface area contributed by atoms with Gasteiger partial charge in [0.1, 0.15) is 0 Å². The van der Waals surface area contributed by atoms with Crippen LogP contribution in [-0.4, -0.2) is 9.97 Å². The monoisotopic (exact) mass is 388 g/mol. The van der Waals surface area contributed by atoms with Gasteiger partial charge in [-0.25, -0.2) is 0 Å². The summed E-state index contributed by atoms with van der Waals surface area (Å²) in [6, 6.07) is 25.1. The number of aromatic nitrogens is 2. The molecule has 0 aliphatic rings. The van der Waals surface area contributed by atoms with Crippen molar-refractivity contribution in [3.63, 3.8) is 0 Å². The van der Waals surface area contributed by atoms with Crippen LogP contribution in [-0.2, 0) is 0 Å². The van der Waals surface area contributed by atoms with Gasteiger partial charge in [-0.15, -0.1) is 0 Å². The van der Waals surface area contributed by atoms with Crippen molar-refractivity contribution < 1.29 is 0 Å². The van der Waals surface area contributed by atoms with Gasteiger partial charge in [0, 0.05) is 12.4 Å². The van der Waals surface area contributed by atoms with Crippen LogP contribution in [0.5, 0.6) is 0 Å². The second-order valence-corrected chi connectivity index (χ2v) is 7.44. The molecule has 0 saturated carbocycles. The van der Waals surface area contributed by atoms with Crippen molar-refractivity contribution in [3.05, 3.63) is 119 Å². The molecule has 0 aliphatic carbocycles. The van der Waals surface area contributed by atoms with E-state index in [1.807, 2.05) is 24.5 Å². The van der Waals surface area contributed by atoms with E-state index >= 15 is 0 Å². The van der Waals surface area contributed by atoms with Gasteiger partial charge in [-0.1, -0.05) is 96.1 Å². The lowest BCUT2D eigenvalue weighted by molar-refractivity contribution is 1.24. The molecule has 2 aromatic heterocycles. The highest BCUT2D eigenvalue weighted by atomic mass is 14.8. The maximum atomic E-state index is 4.58. The highest BCUT2D eigenvalue weighted by Gasteiger charge is 2.01. The fourth-order valence-corrected chi connectivity index (χ4v) is 3.05. The minimum Gasteiger partial charge on any atom is -0.254 e. The number of hydrogen-bond donors (Lipinski definition) is 0. The van der Waals surface area contributed by atoms with E-state index in [4.69, 9.17) is 0 Å². The van der Waals surface area contributed by atoms with Crippen molar-refractivity contribution in [2.75, 3.05) is 0 Å². The number of rotatable bonds is 5. The quantitative estimate of drug-likeness (QED) is 0.364. The Hall–Kier alpha value is -3.78. The Labute approximate surface area is 178 Å². The van der Waals surface area contributed by atoms with Gasteiger partial charge in [0.25, 0.3) is 0 Å². The van der Waals surface area contributed by atoms with Crippen LogP contribution >= 0.6 is 0 Å². The maximum absolute atomic E-state index is 4.58. The van der Waals surface area contributed by atoms with Gasteiger partial charge >= 0.3 is 0 Å². The molecule has 2 heteroatoms. The summed E-state index contributed by atoms with van der Waals surface area (Å²) in [4.78, 5) is 9.15. The van der Waals surface area contributed by atoms with E-state index < -0.39 is 0 Å². The molecule has 0 fully saturated rings. The molecular weight excluding hydrogens is 364 g/mol. The summed E-state index contributed by atoms with van der Waals surface area (Å²) >= 11 is 0. The van der Waals surface area contributed by atoms with Crippen molar-refractivity contribution in [1.82, 2.24) is 9.97 Å². The van der Waals surface area contributed by atoms with Gasteiger partial charge in [-0.3, -0.25) is 9.97 Å². The number of nitrogens with zero attached hydrogens (tertiary/aromatic N) is 2. The highest BCUT2D eigenvalue weighted by molar-refractivity contribution is 5.71. The predicted octanol–water partition coefficient (Wildman–Crippen LogP) is 7.10. The third-order valence-electron chi connectivity index (χ3n) is 4.93. The molecule has 0 N–H and O–H groups in total. The lowest BCUT2D eigenvalue weighted by Crippen LogP contribution is -1.88. The summed E-state index contributed by atoms with van der Waals surface area (Å²) in [5, 5.41) is 0. The van der Waals surface area contributed by atoms with Crippen LogP contribution in [0, 0.1) is 13.8 Å². The van der Waals surface area contributed by atoms with E-state index in [1.54, 1.807) is 0 Å². The highest BCUT2D eigenvalue weighted by Crippen LogP contribution is 2.17. The zero-order valence-electron chi connectivity index (χ0n) is 17.3. The van der Waals surface area contributed by atoms with Crippen molar-refractivity contribution in [1.29, 1.82) is 0 Å². The van der Waals surface area contributed by atoms with Gasteiger partial charge in [0.15, 0.2) is 0 Å². The molecule has 0 saturated heterocycles. The molecule has 0 bridgehead atoms. The lowest BCUT2D eigenvalue weighted by atomic mass is 10.1. The molecule has 0 aliphatic heterocycles. The number of pyridine rings is 2. The summed E-state index contributed by atoms with van der Waals surface area (Å²) in [5.41, 5.74) is 8.77. The van der Waals surface area contributed by atoms with Crippen LogP contribution in [0.2, 0.25) is 0 Å². The first-order valence-electron chi connectivity index (χ1n) is 10.1. The summed E-state index contributed by atoms with van der Waals surface area (Å²) in [6.07, 6.45) is 12.1. The molecule has 0 unspecified atom stereocenters. The molecule has 0 amide bonds. The van der Waals surface area contributed by atoms with Crippen LogP contribution in [0.1, 0.15) is 33.4 Å². The summed E-state index contributed by atoms with van der Waals surface area (Å²) in [6.45, 7) is 4.19. The summed E-state index contributed by atoms with van der Waals surface area (Å²) in [5.74, 6) is 0. The molecule has 2 heterocycles. The summed E-state index contributed by atoms with van der Waals surface area (Å²) < 4.78 is 0. The first-order valence-corrected chi connectivity index (χ1v) is 10.1. The Morgan fingerprint density at radius 2 is 0.767 bits per heavy atom. The van der Waals surface area contributed by atoms with Crippen LogP contribution in [0.25, 0.3) is 35.7 Å².